The summed E-state index contributed by atoms with van der Waals surface area (Å²) in [6.07, 6.45) is 2.66. The number of nitrogens with one attached hydrogen (secondary N) is 1. The van der Waals surface area contributed by atoms with Crippen LogP contribution in [0.2, 0.25) is 0 Å². The first-order valence-electron chi connectivity index (χ1n) is 3.56. The summed E-state index contributed by atoms with van der Waals surface area (Å²) >= 11 is 0. The maximum Gasteiger partial charge on any atom is 0.0942 e. The van der Waals surface area contributed by atoms with Crippen LogP contribution in [-0.2, 0) is 0 Å². The second-order valence-electron chi connectivity index (χ2n) is 2.88. The highest BCUT2D eigenvalue weighted by Gasteiger charge is 2.27. The van der Waals surface area contributed by atoms with E-state index in [1.54, 1.807) is 0 Å². The molecule has 0 saturated carbocycles. The number of fused-ring (bicyclic) bond motifs is 2. The maximum absolute atomic E-state index is 3.91. The van der Waals surface area contributed by atoms with E-state index in [1.807, 2.05) is 0 Å². The van der Waals surface area contributed by atoms with E-state index in [0.29, 0.717) is 6.04 Å². The Bertz CT molecular complexity index is 142. The van der Waals surface area contributed by atoms with Crippen molar-refractivity contribution in [3.8, 4) is 0 Å². The topological polar surface area (TPSA) is 15.3 Å². The van der Waals surface area contributed by atoms with Gasteiger partial charge in [0.2, 0.25) is 0 Å². The van der Waals surface area contributed by atoms with Gasteiger partial charge in [-0.15, -0.1) is 0 Å². The molecule has 0 aromatic rings. The molecule has 0 amide bonds. The van der Waals surface area contributed by atoms with Crippen LogP contribution in [0.4, 0.5) is 0 Å². The summed E-state index contributed by atoms with van der Waals surface area (Å²) in [4.78, 5) is 2.33. The molecule has 2 aliphatic rings. The molecule has 2 heteroatoms. The van der Waals surface area contributed by atoms with Gasteiger partial charge in [0.05, 0.1) is 5.82 Å². The summed E-state index contributed by atoms with van der Waals surface area (Å²) in [6.45, 7) is 6.32. The highest BCUT2D eigenvalue weighted by Crippen LogP contribution is 2.19. The minimum atomic E-state index is 0.714. The van der Waals surface area contributed by atoms with E-state index < -0.39 is 0 Å². The molecule has 0 aromatic heterocycles. The fourth-order valence-electron chi connectivity index (χ4n) is 1.67. The monoisotopic (exact) mass is 124 g/mol. The van der Waals surface area contributed by atoms with E-state index >= 15 is 0 Å². The van der Waals surface area contributed by atoms with Crippen LogP contribution in [0, 0.1) is 0 Å². The SMILES string of the molecule is C=C1NC2CCCN1C2. The van der Waals surface area contributed by atoms with E-state index in [2.05, 4.69) is 16.8 Å². The number of hydrogen-bond acceptors (Lipinski definition) is 2. The van der Waals surface area contributed by atoms with E-state index in [1.165, 1.54) is 25.9 Å². The van der Waals surface area contributed by atoms with Crippen molar-refractivity contribution in [2.75, 3.05) is 13.1 Å². The van der Waals surface area contributed by atoms with Crippen molar-refractivity contribution in [1.29, 1.82) is 0 Å². The van der Waals surface area contributed by atoms with Gasteiger partial charge >= 0.3 is 0 Å². The van der Waals surface area contributed by atoms with Gasteiger partial charge in [0.25, 0.3) is 0 Å². The van der Waals surface area contributed by atoms with Crippen LogP contribution in [-0.4, -0.2) is 24.0 Å². The average molecular weight is 124 g/mol. The Balaban J connectivity index is 2.15. The fourth-order valence-corrected chi connectivity index (χ4v) is 1.67. The normalized spacial score (nSPS) is 32.7. The number of rotatable bonds is 0. The average Bonchev–Trinajstić information content (AvgIpc) is 2.09. The minimum Gasteiger partial charge on any atom is -0.368 e. The highest BCUT2D eigenvalue weighted by molar-refractivity contribution is 5.04. The van der Waals surface area contributed by atoms with Crippen molar-refractivity contribution < 1.29 is 0 Å². The Hall–Kier alpha value is -0.660. The van der Waals surface area contributed by atoms with Crippen LogP contribution in [0.15, 0.2) is 12.4 Å². The minimum absolute atomic E-state index is 0.714. The van der Waals surface area contributed by atoms with Crippen LogP contribution >= 0.6 is 0 Å². The van der Waals surface area contributed by atoms with Gasteiger partial charge in [0, 0.05) is 19.1 Å². The van der Waals surface area contributed by atoms with Crippen LogP contribution in [0.25, 0.3) is 0 Å². The lowest BCUT2D eigenvalue weighted by molar-refractivity contribution is 0.325. The zero-order valence-corrected chi connectivity index (χ0v) is 5.56. The van der Waals surface area contributed by atoms with E-state index in [9.17, 15) is 0 Å². The number of nitrogens with zero attached hydrogens (tertiary/aromatic N) is 1. The van der Waals surface area contributed by atoms with Crippen molar-refractivity contribution >= 4 is 0 Å². The highest BCUT2D eigenvalue weighted by atomic mass is 15.3. The first kappa shape index (κ1) is 5.15. The predicted octanol–water partition coefficient (Wildman–Crippen LogP) is 0.525. The zero-order chi connectivity index (χ0) is 6.27. The number of piperidine rings is 1. The lowest BCUT2D eigenvalue weighted by Crippen LogP contribution is -2.29. The van der Waals surface area contributed by atoms with Crippen LogP contribution in [0.5, 0.6) is 0 Å². The van der Waals surface area contributed by atoms with Gasteiger partial charge in [-0.2, -0.15) is 0 Å². The molecule has 0 spiro atoms. The molecule has 2 aliphatic heterocycles. The Morgan fingerprint density at radius 1 is 1.67 bits per heavy atom. The molecule has 0 radical (unpaired) electrons. The van der Waals surface area contributed by atoms with Gasteiger partial charge in [-0.05, 0) is 12.8 Å². The van der Waals surface area contributed by atoms with E-state index in [-0.39, 0.29) is 0 Å². The predicted molar refractivity (Wildman–Crippen MR) is 36.9 cm³/mol. The largest absolute Gasteiger partial charge is 0.368 e. The summed E-state index contributed by atoms with van der Waals surface area (Å²) in [6, 6.07) is 0.714. The fraction of sp³-hybridized carbons (Fsp3) is 0.714. The molecule has 0 aliphatic carbocycles. The Kier molecular flexibility index (Phi) is 0.949. The van der Waals surface area contributed by atoms with Crippen molar-refractivity contribution in [2.45, 2.75) is 18.9 Å². The summed E-state index contributed by atoms with van der Waals surface area (Å²) < 4.78 is 0. The Labute approximate surface area is 55.5 Å². The van der Waals surface area contributed by atoms with Gasteiger partial charge < -0.3 is 10.2 Å². The van der Waals surface area contributed by atoms with Gasteiger partial charge in [0.1, 0.15) is 0 Å². The first-order valence-corrected chi connectivity index (χ1v) is 3.56. The maximum atomic E-state index is 3.91. The number of hydrogen-bond donors (Lipinski definition) is 1. The molecule has 1 atom stereocenters. The summed E-state index contributed by atoms with van der Waals surface area (Å²) in [5, 5.41) is 3.35. The zero-order valence-electron chi connectivity index (χ0n) is 5.56. The lowest BCUT2D eigenvalue weighted by Gasteiger charge is -2.21. The van der Waals surface area contributed by atoms with Crippen molar-refractivity contribution in [3.63, 3.8) is 0 Å². The molecule has 0 aromatic carbocycles. The van der Waals surface area contributed by atoms with Crippen LogP contribution in [0.3, 0.4) is 0 Å². The smallest absolute Gasteiger partial charge is 0.0942 e. The third-order valence-corrected chi connectivity index (χ3v) is 2.17. The molecule has 9 heavy (non-hydrogen) atoms. The third kappa shape index (κ3) is 0.696. The van der Waals surface area contributed by atoms with Gasteiger partial charge in [-0.1, -0.05) is 6.58 Å². The molecular formula is C7H12N2. The lowest BCUT2D eigenvalue weighted by atomic mass is 10.1. The molecule has 2 heterocycles. The third-order valence-electron chi connectivity index (χ3n) is 2.17. The molecule has 1 unspecified atom stereocenters. The molecule has 50 valence electrons. The Morgan fingerprint density at radius 3 is 3.22 bits per heavy atom. The van der Waals surface area contributed by atoms with Crippen LogP contribution in [0.1, 0.15) is 12.8 Å². The van der Waals surface area contributed by atoms with Gasteiger partial charge in [-0.3, -0.25) is 0 Å². The quantitative estimate of drug-likeness (QED) is 0.506. The molecule has 2 saturated heterocycles. The van der Waals surface area contributed by atoms with E-state index in [4.69, 9.17) is 0 Å². The second-order valence-corrected chi connectivity index (χ2v) is 2.88. The van der Waals surface area contributed by atoms with Gasteiger partial charge in [-0.25, -0.2) is 0 Å². The molecule has 1 N–H and O–H groups in total. The molecular weight excluding hydrogens is 112 g/mol. The molecule has 2 nitrogen and oxygen atoms in total. The van der Waals surface area contributed by atoms with Crippen molar-refractivity contribution in [2.24, 2.45) is 0 Å². The standard InChI is InChI=1S/C7H12N2/c1-6-8-7-3-2-4-9(6)5-7/h7-8H,1-5H2. The summed E-state index contributed by atoms with van der Waals surface area (Å²) in [5.41, 5.74) is 0. The van der Waals surface area contributed by atoms with Crippen LogP contribution < -0.4 is 5.32 Å². The van der Waals surface area contributed by atoms with E-state index in [0.717, 1.165) is 5.82 Å². The molecule has 2 fully saturated rings. The first-order chi connectivity index (χ1) is 4.36. The molecule has 2 rings (SSSR count). The van der Waals surface area contributed by atoms with Gasteiger partial charge in [0.15, 0.2) is 0 Å². The van der Waals surface area contributed by atoms with Crippen molar-refractivity contribution in [3.05, 3.63) is 12.4 Å². The summed E-state index contributed by atoms with van der Waals surface area (Å²) in [5.74, 6) is 1.14. The summed E-state index contributed by atoms with van der Waals surface area (Å²) in [7, 11) is 0. The Morgan fingerprint density at radius 2 is 2.56 bits per heavy atom. The van der Waals surface area contributed by atoms with Crippen molar-refractivity contribution in [1.82, 2.24) is 10.2 Å². The molecule has 2 bridgehead atoms. The second kappa shape index (κ2) is 1.66.